The molecule has 0 aliphatic rings. The van der Waals surface area contributed by atoms with Gasteiger partial charge in [0.1, 0.15) is 5.69 Å². The highest BCUT2D eigenvalue weighted by atomic mass is 16.4. The Bertz CT molecular complexity index is 668. The smallest absolute Gasteiger partial charge is 0.354 e. The van der Waals surface area contributed by atoms with Gasteiger partial charge in [-0.25, -0.2) is 9.78 Å². The quantitative estimate of drug-likeness (QED) is 0.887. The summed E-state index contributed by atoms with van der Waals surface area (Å²) in [5.41, 5.74) is 1.41. The number of hydrogen-bond donors (Lipinski definition) is 1. The van der Waals surface area contributed by atoms with Crippen molar-refractivity contribution in [1.29, 1.82) is 0 Å². The Kier molecular flexibility index (Phi) is 5.46. The monoisotopic (exact) mass is 312 g/mol. The first-order valence-corrected chi connectivity index (χ1v) is 7.63. The zero-order chi connectivity index (χ0) is 16.8. The lowest BCUT2D eigenvalue weighted by Crippen LogP contribution is -2.34. The Hall–Kier alpha value is -2.69. The number of carboxylic acid groups (broad SMARTS) is 1. The molecule has 1 atom stereocenters. The van der Waals surface area contributed by atoms with Crippen LogP contribution in [-0.4, -0.2) is 33.4 Å². The molecular formula is C18H20N2O3. The largest absolute Gasteiger partial charge is 0.477 e. The molecule has 1 unspecified atom stereocenters. The minimum atomic E-state index is -1.10. The fourth-order valence-electron chi connectivity index (χ4n) is 2.63. The van der Waals surface area contributed by atoms with E-state index in [0.29, 0.717) is 12.1 Å². The topological polar surface area (TPSA) is 70.5 Å². The number of pyridine rings is 1. The Labute approximate surface area is 135 Å². The number of carbonyl (C=O) groups is 2. The fraction of sp³-hybridized carbons (Fsp3) is 0.278. The van der Waals surface area contributed by atoms with Crippen LogP contribution in [0.5, 0.6) is 0 Å². The third kappa shape index (κ3) is 3.74. The molecule has 1 heterocycles. The highest BCUT2D eigenvalue weighted by Gasteiger charge is 2.23. The molecule has 0 spiro atoms. The average Bonchev–Trinajstić information content (AvgIpc) is 2.59. The first-order valence-electron chi connectivity index (χ1n) is 7.63. The van der Waals surface area contributed by atoms with E-state index in [1.807, 2.05) is 44.2 Å². The van der Waals surface area contributed by atoms with Gasteiger partial charge in [-0.15, -0.1) is 0 Å². The van der Waals surface area contributed by atoms with Crippen LogP contribution in [0.4, 0.5) is 0 Å². The standard InChI is InChI=1S/C18H20N2O3/c1-3-16(13-8-6-5-7-9-13)20(4-2)17(21)14-10-11-15(18(22)23)19-12-14/h5-12,16H,3-4H2,1-2H3,(H,22,23). The highest BCUT2D eigenvalue weighted by molar-refractivity contribution is 5.95. The molecule has 1 N–H and O–H groups in total. The molecule has 2 rings (SSSR count). The highest BCUT2D eigenvalue weighted by Crippen LogP contribution is 2.25. The maximum Gasteiger partial charge on any atom is 0.354 e. The SMILES string of the molecule is CCC(c1ccccc1)N(CC)C(=O)c1ccc(C(=O)O)nc1. The molecule has 23 heavy (non-hydrogen) atoms. The lowest BCUT2D eigenvalue weighted by molar-refractivity contribution is 0.0670. The van der Waals surface area contributed by atoms with E-state index in [9.17, 15) is 9.59 Å². The van der Waals surface area contributed by atoms with Crippen LogP contribution in [0.1, 0.15) is 52.7 Å². The van der Waals surface area contributed by atoms with Crippen molar-refractivity contribution >= 4 is 11.9 Å². The summed E-state index contributed by atoms with van der Waals surface area (Å²) in [6.45, 7) is 4.54. The van der Waals surface area contributed by atoms with Gasteiger partial charge in [-0.2, -0.15) is 0 Å². The van der Waals surface area contributed by atoms with Gasteiger partial charge < -0.3 is 10.0 Å². The summed E-state index contributed by atoms with van der Waals surface area (Å²) in [4.78, 5) is 29.2. The van der Waals surface area contributed by atoms with Crippen molar-refractivity contribution in [3.05, 3.63) is 65.5 Å². The third-order valence-electron chi connectivity index (χ3n) is 3.78. The van der Waals surface area contributed by atoms with E-state index in [1.54, 1.807) is 4.90 Å². The predicted molar refractivity (Wildman–Crippen MR) is 87.4 cm³/mol. The molecule has 0 aliphatic carbocycles. The number of benzene rings is 1. The number of amides is 1. The fourth-order valence-corrected chi connectivity index (χ4v) is 2.63. The first kappa shape index (κ1) is 16.7. The van der Waals surface area contributed by atoms with E-state index in [0.717, 1.165) is 12.0 Å². The second kappa shape index (κ2) is 7.54. The lowest BCUT2D eigenvalue weighted by Gasteiger charge is -2.30. The van der Waals surface area contributed by atoms with Gasteiger partial charge in [-0.05, 0) is 31.0 Å². The van der Waals surface area contributed by atoms with Gasteiger partial charge in [0.2, 0.25) is 0 Å². The first-order chi connectivity index (χ1) is 11.1. The molecule has 0 saturated heterocycles. The Morgan fingerprint density at radius 1 is 1.13 bits per heavy atom. The summed E-state index contributed by atoms with van der Waals surface area (Å²) in [5, 5.41) is 8.89. The maximum atomic E-state index is 12.8. The van der Waals surface area contributed by atoms with Crippen molar-refractivity contribution in [1.82, 2.24) is 9.88 Å². The molecule has 5 heteroatoms. The molecule has 0 saturated carbocycles. The van der Waals surface area contributed by atoms with Crippen LogP contribution in [0, 0.1) is 0 Å². The number of rotatable bonds is 6. The molecule has 0 bridgehead atoms. The molecule has 0 fully saturated rings. The van der Waals surface area contributed by atoms with Gasteiger partial charge in [0.05, 0.1) is 11.6 Å². The van der Waals surface area contributed by atoms with Gasteiger partial charge in [0.25, 0.3) is 5.91 Å². The van der Waals surface area contributed by atoms with Gasteiger partial charge in [0, 0.05) is 12.7 Å². The summed E-state index contributed by atoms with van der Waals surface area (Å²) in [6.07, 6.45) is 2.12. The van der Waals surface area contributed by atoms with Gasteiger partial charge in [-0.3, -0.25) is 4.79 Å². The zero-order valence-electron chi connectivity index (χ0n) is 13.3. The normalized spacial score (nSPS) is 11.7. The summed E-state index contributed by atoms with van der Waals surface area (Å²) < 4.78 is 0. The molecule has 1 aromatic carbocycles. The van der Waals surface area contributed by atoms with Gasteiger partial charge in [0.15, 0.2) is 0 Å². The Morgan fingerprint density at radius 2 is 1.83 bits per heavy atom. The Balaban J connectivity index is 2.28. The molecule has 1 aromatic heterocycles. The summed E-state index contributed by atoms with van der Waals surface area (Å²) in [7, 11) is 0. The van der Waals surface area contributed by atoms with Crippen LogP contribution < -0.4 is 0 Å². The molecule has 1 amide bonds. The van der Waals surface area contributed by atoms with Gasteiger partial charge >= 0.3 is 5.97 Å². The van der Waals surface area contributed by atoms with E-state index in [2.05, 4.69) is 4.98 Å². The second-order valence-electron chi connectivity index (χ2n) is 5.16. The molecular weight excluding hydrogens is 292 g/mol. The minimum Gasteiger partial charge on any atom is -0.477 e. The lowest BCUT2D eigenvalue weighted by atomic mass is 10.0. The van der Waals surface area contributed by atoms with E-state index in [1.165, 1.54) is 18.3 Å². The van der Waals surface area contributed by atoms with Crippen molar-refractivity contribution in [2.24, 2.45) is 0 Å². The van der Waals surface area contributed by atoms with Crippen LogP contribution in [0.15, 0.2) is 48.7 Å². The maximum absolute atomic E-state index is 12.8. The number of aromatic carboxylic acids is 1. The summed E-state index contributed by atoms with van der Waals surface area (Å²) >= 11 is 0. The minimum absolute atomic E-state index is 0.0205. The second-order valence-corrected chi connectivity index (χ2v) is 5.16. The van der Waals surface area contributed by atoms with Crippen LogP contribution in [0.3, 0.4) is 0 Å². The molecule has 2 aromatic rings. The van der Waals surface area contributed by atoms with Gasteiger partial charge in [-0.1, -0.05) is 37.3 Å². The van der Waals surface area contributed by atoms with E-state index in [-0.39, 0.29) is 17.6 Å². The molecule has 5 nitrogen and oxygen atoms in total. The number of aromatic nitrogens is 1. The van der Waals surface area contributed by atoms with E-state index >= 15 is 0 Å². The van der Waals surface area contributed by atoms with E-state index in [4.69, 9.17) is 5.11 Å². The van der Waals surface area contributed by atoms with E-state index < -0.39 is 5.97 Å². The number of carbonyl (C=O) groups excluding carboxylic acids is 1. The Morgan fingerprint density at radius 3 is 2.30 bits per heavy atom. The van der Waals surface area contributed by atoms with Crippen LogP contribution >= 0.6 is 0 Å². The molecule has 120 valence electrons. The zero-order valence-corrected chi connectivity index (χ0v) is 13.3. The predicted octanol–water partition coefficient (Wildman–Crippen LogP) is 3.39. The van der Waals surface area contributed by atoms with Crippen LogP contribution in [0.25, 0.3) is 0 Å². The molecule has 0 radical (unpaired) electrons. The number of carboxylic acids is 1. The van der Waals surface area contributed by atoms with Crippen molar-refractivity contribution in [3.8, 4) is 0 Å². The molecule has 0 aliphatic heterocycles. The number of nitrogens with zero attached hydrogens (tertiary/aromatic N) is 2. The van der Waals surface area contributed by atoms with Crippen LogP contribution in [0.2, 0.25) is 0 Å². The summed E-state index contributed by atoms with van der Waals surface area (Å²) in [6, 6.07) is 12.7. The summed E-state index contributed by atoms with van der Waals surface area (Å²) in [5.74, 6) is -1.25. The average molecular weight is 312 g/mol. The van der Waals surface area contributed by atoms with Crippen molar-refractivity contribution in [2.75, 3.05) is 6.54 Å². The van der Waals surface area contributed by atoms with Crippen molar-refractivity contribution in [3.63, 3.8) is 0 Å². The van der Waals surface area contributed by atoms with Crippen molar-refractivity contribution in [2.45, 2.75) is 26.3 Å². The third-order valence-corrected chi connectivity index (χ3v) is 3.78. The van der Waals surface area contributed by atoms with Crippen LogP contribution in [-0.2, 0) is 0 Å². The number of hydrogen-bond acceptors (Lipinski definition) is 3. The van der Waals surface area contributed by atoms with Crippen molar-refractivity contribution < 1.29 is 14.7 Å².